The molecule has 0 spiro atoms. The van der Waals surface area contributed by atoms with E-state index in [-0.39, 0.29) is 12.0 Å². The Labute approximate surface area is 110 Å². The fourth-order valence-corrected chi connectivity index (χ4v) is 2.74. The first-order valence-corrected chi connectivity index (χ1v) is 7.35. The van der Waals surface area contributed by atoms with Crippen LogP contribution >= 0.6 is 0 Å². The van der Waals surface area contributed by atoms with Crippen molar-refractivity contribution in [3.8, 4) is 0 Å². The summed E-state index contributed by atoms with van der Waals surface area (Å²) >= 11 is 0. The molecule has 0 aliphatic carbocycles. The predicted octanol–water partition coefficient (Wildman–Crippen LogP) is 1.45. The second-order valence-electron chi connectivity index (χ2n) is 5.75. The van der Waals surface area contributed by atoms with Gasteiger partial charge in [0.25, 0.3) is 0 Å². The highest BCUT2D eigenvalue weighted by Crippen LogP contribution is 2.16. The number of hydrogen-bond donors (Lipinski definition) is 2. The van der Waals surface area contributed by atoms with E-state index in [4.69, 9.17) is 4.74 Å². The molecule has 0 saturated carbocycles. The first kappa shape index (κ1) is 13.8. The Morgan fingerprint density at radius 1 is 1.33 bits per heavy atom. The molecule has 0 aromatic heterocycles. The van der Waals surface area contributed by atoms with Gasteiger partial charge < -0.3 is 15.4 Å². The van der Waals surface area contributed by atoms with E-state index in [2.05, 4.69) is 17.6 Å². The summed E-state index contributed by atoms with van der Waals surface area (Å²) in [5, 5.41) is 6.52. The summed E-state index contributed by atoms with van der Waals surface area (Å²) in [6.45, 7) is 4.88. The molecule has 0 aromatic rings. The Morgan fingerprint density at radius 3 is 2.89 bits per heavy atom. The van der Waals surface area contributed by atoms with Gasteiger partial charge >= 0.3 is 0 Å². The van der Waals surface area contributed by atoms with E-state index < -0.39 is 0 Å². The standard InChI is InChI=1S/C14H26N2O2/c1-11-5-6-12(9-15-11)10-16-14(17)8-13-4-2-3-7-18-13/h11-13,15H,2-10H2,1H3,(H,16,17). The van der Waals surface area contributed by atoms with Crippen molar-refractivity contribution in [1.29, 1.82) is 0 Å². The molecule has 4 heteroatoms. The van der Waals surface area contributed by atoms with E-state index >= 15 is 0 Å². The number of hydrogen-bond acceptors (Lipinski definition) is 3. The zero-order valence-electron chi connectivity index (χ0n) is 11.4. The average Bonchev–Trinajstić information content (AvgIpc) is 2.39. The van der Waals surface area contributed by atoms with Crippen LogP contribution in [0.5, 0.6) is 0 Å². The van der Waals surface area contributed by atoms with Crippen LogP contribution in [0.25, 0.3) is 0 Å². The van der Waals surface area contributed by atoms with Crippen molar-refractivity contribution in [2.24, 2.45) is 5.92 Å². The van der Waals surface area contributed by atoms with Gasteiger partial charge in [0, 0.05) is 19.2 Å². The van der Waals surface area contributed by atoms with Crippen LogP contribution in [0.4, 0.5) is 0 Å². The maximum atomic E-state index is 11.8. The zero-order valence-corrected chi connectivity index (χ0v) is 11.4. The molecule has 3 unspecified atom stereocenters. The molecule has 104 valence electrons. The van der Waals surface area contributed by atoms with Crippen molar-refractivity contribution >= 4 is 5.91 Å². The number of nitrogens with one attached hydrogen (secondary N) is 2. The summed E-state index contributed by atoms with van der Waals surface area (Å²) in [4.78, 5) is 11.8. The second-order valence-corrected chi connectivity index (χ2v) is 5.75. The lowest BCUT2D eigenvalue weighted by atomic mass is 9.95. The first-order chi connectivity index (χ1) is 8.74. The molecule has 2 aliphatic heterocycles. The number of carbonyl (C=O) groups is 1. The number of carbonyl (C=O) groups excluding carboxylic acids is 1. The zero-order chi connectivity index (χ0) is 12.8. The summed E-state index contributed by atoms with van der Waals surface area (Å²) in [5.74, 6) is 0.748. The van der Waals surface area contributed by atoms with Gasteiger partial charge in [-0.25, -0.2) is 0 Å². The third-order valence-corrected chi connectivity index (χ3v) is 4.04. The molecule has 2 aliphatic rings. The molecule has 2 heterocycles. The van der Waals surface area contributed by atoms with Gasteiger partial charge in [-0.2, -0.15) is 0 Å². The topological polar surface area (TPSA) is 50.4 Å². The molecule has 2 saturated heterocycles. The fraction of sp³-hybridized carbons (Fsp3) is 0.929. The average molecular weight is 254 g/mol. The van der Waals surface area contributed by atoms with Crippen molar-refractivity contribution in [3.63, 3.8) is 0 Å². The lowest BCUT2D eigenvalue weighted by molar-refractivity contribution is -0.125. The molecule has 1 amide bonds. The van der Waals surface area contributed by atoms with Gasteiger partial charge in [0.1, 0.15) is 0 Å². The van der Waals surface area contributed by atoms with Crippen molar-refractivity contribution in [2.45, 2.75) is 57.6 Å². The minimum atomic E-state index is 0.153. The highest BCUT2D eigenvalue weighted by molar-refractivity contribution is 5.76. The highest BCUT2D eigenvalue weighted by Gasteiger charge is 2.20. The monoisotopic (exact) mass is 254 g/mol. The Balaban J connectivity index is 1.59. The van der Waals surface area contributed by atoms with Crippen molar-refractivity contribution in [3.05, 3.63) is 0 Å². The van der Waals surface area contributed by atoms with E-state index in [9.17, 15) is 4.79 Å². The van der Waals surface area contributed by atoms with Gasteiger partial charge in [-0.3, -0.25) is 4.79 Å². The summed E-state index contributed by atoms with van der Waals surface area (Å²) < 4.78 is 5.58. The maximum Gasteiger partial charge on any atom is 0.222 e. The molecular weight excluding hydrogens is 228 g/mol. The van der Waals surface area contributed by atoms with Crippen LogP contribution in [0.1, 0.15) is 45.4 Å². The molecule has 0 bridgehead atoms. The van der Waals surface area contributed by atoms with Gasteiger partial charge in [0.2, 0.25) is 5.91 Å². The van der Waals surface area contributed by atoms with Crippen LogP contribution in [-0.4, -0.2) is 37.7 Å². The molecule has 2 rings (SSSR count). The van der Waals surface area contributed by atoms with E-state index in [0.717, 1.165) is 32.5 Å². The Bertz CT molecular complexity index is 257. The minimum absolute atomic E-state index is 0.153. The van der Waals surface area contributed by atoms with Crippen LogP contribution in [0, 0.1) is 5.92 Å². The van der Waals surface area contributed by atoms with Gasteiger partial charge in [-0.15, -0.1) is 0 Å². The number of ether oxygens (including phenoxy) is 1. The molecular formula is C14H26N2O2. The normalized spacial score (nSPS) is 33.1. The third-order valence-electron chi connectivity index (χ3n) is 4.04. The summed E-state index contributed by atoms with van der Waals surface area (Å²) in [6.07, 6.45) is 6.50. The molecule has 0 radical (unpaired) electrons. The Kier molecular flexibility index (Phi) is 5.45. The SMILES string of the molecule is CC1CCC(CNC(=O)CC2CCCCO2)CN1. The number of amides is 1. The van der Waals surface area contributed by atoms with Crippen LogP contribution in [-0.2, 0) is 9.53 Å². The predicted molar refractivity (Wildman–Crippen MR) is 71.4 cm³/mol. The molecule has 0 aromatic carbocycles. The number of piperidine rings is 1. The smallest absolute Gasteiger partial charge is 0.222 e. The van der Waals surface area contributed by atoms with Crippen molar-refractivity contribution < 1.29 is 9.53 Å². The van der Waals surface area contributed by atoms with E-state index in [1.54, 1.807) is 0 Å². The van der Waals surface area contributed by atoms with Crippen molar-refractivity contribution in [2.75, 3.05) is 19.7 Å². The number of rotatable bonds is 4. The molecule has 4 nitrogen and oxygen atoms in total. The van der Waals surface area contributed by atoms with Gasteiger partial charge in [0.15, 0.2) is 0 Å². The Hall–Kier alpha value is -0.610. The third kappa shape index (κ3) is 4.58. The van der Waals surface area contributed by atoms with Crippen molar-refractivity contribution in [1.82, 2.24) is 10.6 Å². The Morgan fingerprint density at radius 2 is 2.22 bits per heavy atom. The highest BCUT2D eigenvalue weighted by atomic mass is 16.5. The second kappa shape index (κ2) is 7.10. The van der Waals surface area contributed by atoms with Gasteiger partial charge in [-0.05, 0) is 51.5 Å². The van der Waals surface area contributed by atoms with E-state index in [1.165, 1.54) is 19.3 Å². The molecule has 18 heavy (non-hydrogen) atoms. The summed E-state index contributed by atoms with van der Waals surface area (Å²) in [5.41, 5.74) is 0. The largest absolute Gasteiger partial charge is 0.378 e. The van der Waals surface area contributed by atoms with Gasteiger partial charge in [0.05, 0.1) is 12.5 Å². The first-order valence-electron chi connectivity index (χ1n) is 7.35. The fourth-order valence-electron chi connectivity index (χ4n) is 2.74. The molecule has 3 atom stereocenters. The molecule has 2 fully saturated rings. The van der Waals surface area contributed by atoms with E-state index in [1.807, 2.05) is 0 Å². The van der Waals surface area contributed by atoms with Crippen LogP contribution in [0.3, 0.4) is 0 Å². The lowest BCUT2D eigenvalue weighted by Gasteiger charge is -2.28. The van der Waals surface area contributed by atoms with Crippen LogP contribution < -0.4 is 10.6 Å². The quantitative estimate of drug-likeness (QED) is 0.798. The lowest BCUT2D eigenvalue weighted by Crippen LogP contribution is -2.42. The molecule has 2 N–H and O–H groups in total. The minimum Gasteiger partial charge on any atom is -0.378 e. The van der Waals surface area contributed by atoms with Crippen LogP contribution in [0.2, 0.25) is 0 Å². The summed E-state index contributed by atoms with van der Waals surface area (Å²) in [6, 6.07) is 0.632. The van der Waals surface area contributed by atoms with Gasteiger partial charge in [-0.1, -0.05) is 0 Å². The van der Waals surface area contributed by atoms with E-state index in [0.29, 0.717) is 18.4 Å². The maximum absolute atomic E-state index is 11.8. The summed E-state index contributed by atoms with van der Waals surface area (Å²) in [7, 11) is 0. The van der Waals surface area contributed by atoms with Crippen LogP contribution in [0.15, 0.2) is 0 Å².